The summed E-state index contributed by atoms with van der Waals surface area (Å²) in [6, 6.07) is 52.6. The Morgan fingerprint density at radius 3 is 1.01 bits per heavy atom. The Bertz CT molecular complexity index is 8760. The van der Waals surface area contributed by atoms with E-state index in [1.165, 1.54) is 30.3 Å². The van der Waals surface area contributed by atoms with Crippen molar-refractivity contribution in [3.63, 3.8) is 0 Å². The molecule has 35 heteroatoms. The molecule has 0 saturated heterocycles. The fourth-order valence-corrected chi connectivity index (χ4v) is 16.9. The van der Waals surface area contributed by atoms with Crippen molar-refractivity contribution >= 4 is 134 Å². The van der Waals surface area contributed by atoms with Crippen molar-refractivity contribution in [2.45, 2.75) is 104 Å². The highest BCUT2D eigenvalue weighted by atomic mass is 19.1. The van der Waals surface area contributed by atoms with Gasteiger partial charge < -0.3 is 41.2 Å². The van der Waals surface area contributed by atoms with Gasteiger partial charge in [-0.25, -0.2) is 33.1 Å². The fourth-order valence-electron chi connectivity index (χ4n) is 16.9. The lowest BCUT2D eigenvalue weighted by Crippen LogP contribution is -2.17. The third kappa shape index (κ3) is 22.3. The number of nitrogens with one attached hydrogen (secondary N) is 12. The van der Waals surface area contributed by atoms with Gasteiger partial charge in [-0.1, -0.05) is 152 Å². The van der Waals surface area contributed by atoms with Crippen LogP contribution in [0.5, 0.6) is 0 Å². The van der Waals surface area contributed by atoms with Gasteiger partial charge in [0.05, 0.1) is 133 Å². The van der Waals surface area contributed by atoms with E-state index in [9.17, 15) is 32.3 Å². The summed E-state index contributed by atoms with van der Waals surface area (Å²) in [6.07, 6.45) is 28.5. The number of H-pyrrole nitrogens is 8. The average molecular weight is 1980 g/mol. The highest BCUT2D eigenvalue weighted by Crippen LogP contribution is 2.41. The Kier molecular flexibility index (Phi) is 30.6. The topological polar surface area (TPSA) is 449 Å². The second kappa shape index (κ2) is 44.4. The minimum atomic E-state index is -0.336. The van der Waals surface area contributed by atoms with Crippen LogP contribution >= 0.6 is 0 Å². The number of fused-ring (bicyclic) bond motifs is 8. The Hall–Kier alpha value is -18.8. The number of rotatable bonds is 22. The van der Waals surface area contributed by atoms with Crippen LogP contribution in [0.25, 0.3) is 212 Å². The first-order valence-electron chi connectivity index (χ1n) is 46.5. The molecule has 0 bridgehead atoms. The number of aromatic nitrogens is 24. The van der Waals surface area contributed by atoms with Crippen LogP contribution in [0.4, 0.5) is 35.9 Å². The third-order valence-electron chi connectivity index (χ3n) is 23.8. The van der Waals surface area contributed by atoms with Gasteiger partial charge in [0.2, 0.25) is 23.6 Å². The van der Waals surface area contributed by atoms with E-state index in [0.717, 1.165) is 138 Å². The van der Waals surface area contributed by atoms with Gasteiger partial charge in [0, 0.05) is 141 Å². The first-order chi connectivity index (χ1) is 69.9. The molecule has 744 valence electrons. The van der Waals surface area contributed by atoms with E-state index in [4.69, 9.17) is 15.0 Å². The molecular weight excluding hydrogens is 1870 g/mol. The number of imidazole rings is 4. The largest absolute Gasteiger partial charge is 0.335 e. The Morgan fingerprint density at radius 1 is 0.284 bits per heavy atom. The van der Waals surface area contributed by atoms with Gasteiger partial charge in [-0.15, -0.1) is 0 Å². The van der Waals surface area contributed by atoms with E-state index in [1.807, 2.05) is 165 Å². The summed E-state index contributed by atoms with van der Waals surface area (Å²) < 4.78 is 41.9. The van der Waals surface area contributed by atoms with E-state index < -0.39 is 0 Å². The zero-order valence-electron chi connectivity index (χ0n) is 78.8. The van der Waals surface area contributed by atoms with E-state index in [0.29, 0.717) is 116 Å². The Balaban J connectivity index is 0.000000140. The van der Waals surface area contributed by atoms with Crippen LogP contribution in [0.15, 0.2) is 275 Å². The molecule has 4 amide bonds. The molecular formula is C113H107F3N28O4. The zero-order valence-corrected chi connectivity index (χ0v) is 78.8. The highest BCUT2D eigenvalue weighted by molar-refractivity contribution is 6.04. The maximum atomic E-state index is 14.5. The summed E-state index contributed by atoms with van der Waals surface area (Å²) in [4.78, 5) is 115. The van der Waals surface area contributed by atoms with Crippen molar-refractivity contribution in [2.75, 3.05) is 21.3 Å². The highest BCUT2D eigenvalue weighted by Gasteiger charge is 2.25. The number of halogens is 3. The molecule has 148 heavy (non-hydrogen) atoms. The summed E-state index contributed by atoms with van der Waals surface area (Å²) in [7, 11) is 0. The third-order valence-corrected chi connectivity index (χ3v) is 23.8. The Labute approximate surface area is 848 Å². The molecule has 23 rings (SSSR count). The van der Waals surface area contributed by atoms with Crippen LogP contribution in [0.2, 0.25) is 0 Å². The minimum absolute atomic E-state index is 0. The lowest BCUT2D eigenvalue weighted by Gasteiger charge is -2.09. The lowest BCUT2D eigenvalue weighted by atomic mass is 10.0. The van der Waals surface area contributed by atoms with Crippen LogP contribution in [-0.2, 0) is 19.2 Å². The number of anilines is 4. The fraction of sp³-hybridized carbons (Fsp3) is 0.168. The molecule has 0 aliphatic heterocycles. The van der Waals surface area contributed by atoms with Gasteiger partial charge in [-0.05, 0) is 160 Å². The summed E-state index contributed by atoms with van der Waals surface area (Å²) in [5.74, 6) is 1.98. The van der Waals surface area contributed by atoms with Crippen molar-refractivity contribution in [1.29, 1.82) is 0 Å². The molecule has 0 unspecified atom stereocenters. The monoisotopic (exact) mass is 1980 g/mol. The average Bonchev–Trinajstić information content (AvgIpc) is 1.63. The number of carbonyl (C=O) groups excluding carboxylic acids is 4. The number of hydrogen-bond donors (Lipinski definition) is 12. The first kappa shape index (κ1) is 102. The maximum absolute atomic E-state index is 14.5. The number of hydrogen-bond acceptors (Lipinski definition) is 20. The number of aromatic amines is 8. The predicted octanol–water partition coefficient (Wildman–Crippen LogP) is 25.8. The molecule has 0 radical (unpaired) electrons. The number of carbonyl (C=O) groups is 4. The zero-order chi connectivity index (χ0) is 99.3. The van der Waals surface area contributed by atoms with Crippen molar-refractivity contribution < 1.29 is 32.3 Å². The minimum Gasteiger partial charge on any atom is -0.335 e. The number of nitrogens with zero attached hydrogens (tertiary/aromatic N) is 16. The maximum Gasteiger partial charge on any atom is 0.226 e. The first-order valence-corrected chi connectivity index (χ1v) is 46.5. The van der Waals surface area contributed by atoms with Crippen LogP contribution < -0.4 is 21.3 Å². The van der Waals surface area contributed by atoms with Gasteiger partial charge in [-0.3, -0.25) is 79.4 Å². The van der Waals surface area contributed by atoms with Gasteiger partial charge in [-0.2, -0.15) is 20.4 Å². The Morgan fingerprint density at radius 2 is 0.628 bits per heavy atom. The number of amides is 4. The normalized spacial score (nSPS) is 11.2. The van der Waals surface area contributed by atoms with Gasteiger partial charge >= 0.3 is 0 Å². The summed E-state index contributed by atoms with van der Waals surface area (Å²) >= 11 is 0. The molecule has 0 spiro atoms. The van der Waals surface area contributed by atoms with Crippen LogP contribution in [0, 0.1) is 41.1 Å². The molecule has 0 saturated carbocycles. The molecule has 12 N–H and O–H groups in total. The molecule has 16 aromatic heterocycles. The van der Waals surface area contributed by atoms with Gasteiger partial charge in [0.1, 0.15) is 45.7 Å². The standard InChI is InChI=1S/3C29H24FN7O.C22H19N7O.4CH4/c1-16(2)9-26(38)33-21-10-19(12-31-13-21)18-5-8-24-22(11-18)28(37-36-24)29-34-25-15-32-14-23(27(25)35-29)17-3-6-20(30)7-4-17;1-16(2)8-26(38)33-21-10-19(12-31-13-21)17-6-7-24-22(11-17)28(37-36-24)29-34-25-15-32-14-23(27(25)35-29)18-4-3-5-20(30)9-18;1-16(2)9-26(38)33-19-10-18(12-31-13-19)17-7-8-24-21(11-17)28(37-36-24)29-34-25-15-32-14-22(27(25)35-29)20-5-3-4-6-23(20)30;1-12(2)22(30)25-15-7-14(9-24-10-15)13-3-4-17-16(8-13)20(29-28-17)21-26-18-5-6-23-11-19(18)27-21;;;;/h3-8,10-16H,9H2,1-2H3,(H,33,38)(H,34,35)(H,36,37);3-7,9-16H,8H2,1-2H3,(H,33,38)(H,34,35)(H,36,37);3-8,10-16H,9H2,1-2H3,(H,33,38)(H,34,35)(H,36,37);3-12H,1-2H3,(H,25,30)(H,26,27)(H,28,29);4*1H4. The molecule has 23 aromatic rings. The van der Waals surface area contributed by atoms with Crippen molar-refractivity contribution in [2.24, 2.45) is 23.7 Å². The van der Waals surface area contributed by atoms with Crippen molar-refractivity contribution in [1.82, 2.24) is 121 Å². The number of pyridine rings is 8. The summed E-state index contributed by atoms with van der Waals surface area (Å²) in [5, 5.41) is 45.5. The van der Waals surface area contributed by atoms with Gasteiger partial charge in [0.25, 0.3) is 0 Å². The molecule has 16 heterocycles. The molecule has 32 nitrogen and oxygen atoms in total. The van der Waals surface area contributed by atoms with E-state index >= 15 is 0 Å². The second-order valence-electron chi connectivity index (χ2n) is 36.2. The SMILES string of the molecule is C.C.C.C.CC(C)C(=O)Nc1cncc(-c2ccc3[nH]nc(-c4nc5ccncc5[nH]4)c3c2)c1.CC(C)CC(=O)Nc1cncc(-c2ccc3[nH]nc(-c4nc5c(-c6ccc(F)cc6)cncc5[nH]4)c3c2)c1.CC(C)CC(=O)Nc1cncc(-c2ccc3[nH]nc(-c4nc5c(-c6cccc(F)c6)cncc5[nH]4)c3c2)c1.CC(C)CC(=O)Nc1cncc(-c2ccc3[nH]nc(-c4nc5c(-c6ccccc6F)cncc5[nH]4)c3c2)c1. The van der Waals surface area contributed by atoms with Crippen molar-refractivity contribution in [3.05, 3.63) is 293 Å². The van der Waals surface area contributed by atoms with E-state index in [-0.39, 0.29) is 94.5 Å². The quantitative estimate of drug-likeness (QED) is 0.0300. The van der Waals surface area contributed by atoms with E-state index in [1.54, 1.807) is 136 Å². The smallest absolute Gasteiger partial charge is 0.226 e. The molecule has 0 atom stereocenters. The second-order valence-corrected chi connectivity index (χ2v) is 36.2. The molecule has 7 aromatic carbocycles. The van der Waals surface area contributed by atoms with Crippen molar-refractivity contribution in [3.8, 4) is 124 Å². The predicted molar refractivity (Wildman–Crippen MR) is 580 cm³/mol. The van der Waals surface area contributed by atoms with Crippen LogP contribution in [-0.4, -0.2) is 144 Å². The molecule has 0 aliphatic carbocycles. The van der Waals surface area contributed by atoms with Crippen LogP contribution in [0.3, 0.4) is 0 Å². The summed E-state index contributed by atoms with van der Waals surface area (Å²) in [5.41, 5.74) is 25.9. The number of benzene rings is 7. The molecule has 0 aliphatic rings. The van der Waals surface area contributed by atoms with E-state index in [2.05, 4.69) is 127 Å². The summed E-state index contributed by atoms with van der Waals surface area (Å²) in [6.45, 7) is 15.8. The van der Waals surface area contributed by atoms with Crippen LogP contribution in [0.1, 0.15) is 104 Å². The lowest BCUT2D eigenvalue weighted by molar-refractivity contribution is -0.119. The molecule has 0 fully saturated rings. The van der Waals surface area contributed by atoms with Gasteiger partial charge in [0.15, 0.2) is 23.3 Å².